The van der Waals surface area contributed by atoms with E-state index in [1.165, 1.54) is 0 Å². The lowest BCUT2D eigenvalue weighted by atomic mass is 10.1. The number of carbonyl (C=O) groups is 2. The first-order chi connectivity index (χ1) is 13.9. The maximum absolute atomic E-state index is 13.0. The molecule has 0 aliphatic rings. The van der Waals surface area contributed by atoms with Crippen LogP contribution < -0.4 is 10.1 Å². The van der Waals surface area contributed by atoms with Gasteiger partial charge in [0.05, 0.1) is 0 Å². The van der Waals surface area contributed by atoms with Crippen LogP contribution in [-0.4, -0.2) is 35.9 Å². The van der Waals surface area contributed by atoms with Gasteiger partial charge in [-0.25, -0.2) is 0 Å². The number of ether oxygens (including phenoxy) is 1. The van der Waals surface area contributed by atoms with E-state index in [0.29, 0.717) is 18.8 Å². The molecule has 0 saturated carbocycles. The molecule has 5 nitrogen and oxygen atoms in total. The fourth-order valence-corrected chi connectivity index (χ4v) is 3.06. The Bertz CT molecular complexity index is 819. The van der Waals surface area contributed by atoms with E-state index >= 15 is 0 Å². The molecule has 2 amide bonds. The van der Waals surface area contributed by atoms with Crippen molar-refractivity contribution >= 4 is 11.8 Å². The maximum atomic E-state index is 13.0. The molecule has 0 bridgehead atoms. The van der Waals surface area contributed by atoms with Crippen molar-refractivity contribution in [3.05, 3.63) is 65.2 Å². The van der Waals surface area contributed by atoms with E-state index in [1.54, 1.807) is 11.8 Å². The third-order valence-corrected chi connectivity index (χ3v) is 4.78. The van der Waals surface area contributed by atoms with Crippen molar-refractivity contribution in [1.82, 2.24) is 10.2 Å². The molecule has 0 saturated heterocycles. The Labute approximate surface area is 174 Å². The predicted octanol–water partition coefficient (Wildman–Crippen LogP) is 4.02. The smallest absolute Gasteiger partial charge is 0.261 e. The number of hydrogen-bond donors (Lipinski definition) is 1. The van der Waals surface area contributed by atoms with Gasteiger partial charge < -0.3 is 15.0 Å². The highest BCUT2D eigenvalue weighted by Gasteiger charge is 2.26. The molecule has 0 aliphatic carbocycles. The van der Waals surface area contributed by atoms with Gasteiger partial charge in [-0.2, -0.15) is 0 Å². The number of nitrogens with zero attached hydrogens (tertiary/aromatic N) is 1. The van der Waals surface area contributed by atoms with Gasteiger partial charge in [0.25, 0.3) is 5.91 Å². The van der Waals surface area contributed by atoms with Gasteiger partial charge in [-0.3, -0.25) is 9.59 Å². The largest absolute Gasteiger partial charge is 0.484 e. The van der Waals surface area contributed by atoms with Gasteiger partial charge in [0, 0.05) is 13.1 Å². The number of unbranched alkanes of at least 4 members (excludes halogenated alkanes) is 1. The molecule has 1 N–H and O–H groups in total. The van der Waals surface area contributed by atoms with Crippen LogP contribution in [0.4, 0.5) is 0 Å². The van der Waals surface area contributed by atoms with Crippen molar-refractivity contribution in [2.75, 3.05) is 13.2 Å². The molecule has 0 spiro atoms. The first kappa shape index (κ1) is 22.5. The topological polar surface area (TPSA) is 58.6 Å². The van der Waals surface area contributed by atoms with Gasteiger partial charge >= 0.3 is 0 Å². The molecule has 0 aliphatic heterocycles. The van der Waals surface area contributed by atoms with Crippen LogP contribution in [0.15, 0.2) is 48.5 Å². The summed E-state index contributed by atoms with van der Waals surface area (Å²) in [6.45, 7) is 8.69. The summed E-state index contributed by atoms with van der Waals surface area (Å²) in [5.41, 5.74) is 3.17. The summed E-state index contributed by atoms with van der Waals surface area (Å²) in [6.07, 6.45) is 1.92. The highest BCUT2D eigenvalue weighted by atomic mass is 16.5. The van der Waals surface area contributed by atoms with E-state index in [-0.39, 0.29) is 18.4 Å². The van der Waals surface area contributed by atoms with Crippen LogP contribution >= 0.6 is 0 Å². The van der Waals surface area contributed by atoms with Crippen LogP contribution in [0.5, 0.6) is 5.75 Å². The summed E-state index contributed by atoms with van der Waals surface area (Å²) >= 11 is 0. The highest BCUT2D eigenvalue weighted by molar-refractivity contribution is 5.87. The predicted molar refractivity (Wildman–Crippen MR) is 116 cm³/mol. The standard InChI is InChI=1S/C24H32N2O3/c1-5-6-13-25-24(28)20(4)26(16-21-11-7-9-18(2)14-21)23(27)17-29-22-12-8-10-19(3)15-22/h7-12,14-15,20H,5-6,13,16-17H2,1-4H3,(H,25,28)/t20-/m1/s1. The van der Waals surface area contributed by atoms with Crippen LogP contribution in [0.1, 0.15) is 43.4 Å². The van der Waals surface area contributed by atoms with E-state index in [9.17, 15) is 9.59 Å². The second kappa shape index (κ2) is 11.2. The maximum Gasteiger partial charge on any atom is 0.261 e. The molecule has 0 radical (unpaired) electrons. The molecule has 29 heavy (non-hydrogen) atoms. The number of benzene rings is 2. The number of rotatable bonds is 10. The molecule has 0 fully saturated rings. The molecular formula is C24H32N2O3. The Kier molecular flexibility index (Phi) is 8.71. The average Bonchev–Trinajstić information content (AvgIpc) is 2.70. The summed E-state index contributed by atoms with van der Waals surface area (Å²) in [4.78, 5) is 27.2. The molecule has 2 aromatic carbocycles. The number of hydrogen-bond acceptors (Lipinski definition) is 3. The molecule has 0 heterocycles. The molecular weight excluding hydrogens is 364 g/mol. The molecule has 1 atom stereocenters. The summed E-state index contributed by atoms with van der Waals surface area (Å²) in [5, 5.41) is 2.92. The number of nitrogens with one attached hydrogen (secondary N) is 1. The first-order valence-corrected chi connectivity index (χ1v) is 10.2. The fourth-order valence-electron chi connectivity index (χ4n) is 3.06. The minimum absolute atomic E-state index is 0.109. The zero-order valence-corrected chi connectivity index (χ0v) is 17.9. The van der Waals surface area contributed by atoms with Crippen LogP contribution in [-0.2, 0) is 16.1 Å². The van der Waals surface area contributed by atoms with Gasteiger partial charge in [-0.1, -0.05) is 55.3 Å². The third-order valence-electron chi connectivity index (χ3n) is 4.78. The van der Waals surface area contributed by atoms with Crippen LogP contribution in [0.3, 0.4) is 0 Å². The number of amides is 2. The van der Waals surface area contributed by atoms with E-state index in [4.69, 9.17) is 4.74 Å². The van der Waals surface area contributed by atoms with Crippen molar-refractivity contribution in [2.24, 2.45) is 0 Å². The van der Waals surface area contributed by atoms with Crippen molar-refractivity contribution < 1.29 is 14.3 Å². The number of aryl methyl sites for hydroxylation is 2. The molecule has 0 unspecified atom stereocenters. The minimum atomic E-state index is -0.582. The Balaban J connectivity index is 2.11. The van der Waals surface area contributed by atoms with Crippen LogP contribution in [0.2, 0.25) is 0 Å². The number of carbonyl (C=O) groups excluding carboxylic acids is 2. The molecule has 2 aromatic rings. The Hall–Kier alpha value is -2.82. The monoisotopic (exact) mass is 396 g/mol. The minimum Gasteiger partial charge on any atom is -0.484 e. The van der Waals surface area contributed by atoms with E-state index in [0.717, 1.165) is 29.5 Å². The zero-order chi connectivity index (χ0) is 21.2. The van der Waals surface area contributed by atoms with Crippen molar-refractivity contribution in [3.8, 4) is 5.75 Å². The Morgan fingerprint density at radius 3 is 2.41 bits per heavy atom. The molecule has 0 aromatic heterocycles. The molecule has 5 heteroatoms. The normalized spacial score (nSPS) is 11.6. The lowest BCUT2D eigenvalue weighted by molar-refractivity contribution is -0.142. The van der Waals surface area contributed by atoms with Crippen molar-refractivity contribution in [3.63, 3.8) is 0 Å². The van der Waals surface area contributed by atoms with Gasteiger partial charge in [0.2, 0.25) is 5.91 Å². The molecule has 2 rings (SSSR count). The SMILES string of the molecule is CCCCNC(=O)[C@@H](C)N(Cc1cccc(C)c1)C(=O)COc1cccc(C)c1. The van der Waals surface area contributed by atoms with E-state index in [1.807, 2.05) is 62.4 Å². The average molecular weight is 397 g/mol. The van der Waals surface area contributed by atoms with Crippen LogP contribution in [0, 0.1) is 13.8 Å². The fraction of sp³-hybridized carbons (Fsp3) is 0.417. The Morgan fingerprint density at radius 1 is 1.07 bits per heavy atom. The summed E-state index contributed by atoms with van der Waals surface area (Å²) in [5.74, 6) is 0.287. The zero-order valence-electron chi connectivity index (χ0n) is 17.9. The molecule has 156 valence electrons. The van der Waals surface area contributed by atoms with Crippen LogP contribution in [0.25, 0.3) is 0 Å². The van der Waals surface area contributed by atoms with Crippen molar-refractivity contribution in [2.45, 2.75) is 53.1 Å². The van der Waals surface area contributed by atoms with E-state index in [2.05, 4.69) is 12.2 Å². The summed E-state index contributed by atoms with van der Waals surface area (Å²) in [7, 11) is 0. The second-order valence-electron chi connectivity index (χ2n) is 7.44. The Morgan fingerprint density at radius 2 is 1.76 bits per heavy atom. The highest BCUT2D eigenvalue weighted by Crippen LogP contribution is 2.15. The lowest BCUT2D eigenvalue weighted by Crippen LogP contribution is -2.49. The summed E-state index contributed by atoms with van der Waals surface area (Å²) in [6, 6.07) is 15.0. The van der Waals surface area contributed by atoms with Gasteiger partial charge in [0.1, 0.15) is 11.8 Å². The third kappa shape index (κ3) is 7.26. The second-order valence-corrected chi connectivity index (χ2v) is 7.44. The summed E-state index contributed by atoms with van der Waals surface area (Å²) < 4.78 is 5.70. The van der Waals surface area contributed by atoms with Crippen molar-refractivity contribution in [1.29, 1.82) is 0 Å². The van der Waals surface area contributed by atoms with E-state index < -0.39 is 6.04 Å². The van der Waals surface area contributed by atoms with Gasteiger partial charge in [-0.15, -0.1) is 0 Å². The first-order valence-electron chi connectivity index (χ1n) is 10.2. The lowest BCUT2D eigenvalue weighted by Gasteiger charge is -2.29. The van der Waals surface area contributed by atoms with Gasteiger partial charge in [-0.05, 0) is 50.5 Å². The quantitative estimate of drug-likeness (QED) is 0.617. The van der Waals surface area contributed by atoms with Gasteiger partial charge in [0.15, 0.2) is 6.61 Å².